The third-order valence-corrected chi connectivity index (χ3v) is 3.39. The largest absolute Gasteiger partial charge is 0.486 e. The summed E-state index contributed by atoms with van der Waals surface area (Å²) in [5.41, 5.74) is 0.877. The monoisotopic (exact) mass is 248 g/mol. The molecule has 1 aromatic carbocycles. The third-order valence-electron chi connectivity index (χ3n) is 3.39. The molecule has 0 radical (unpaired) electrons. The zero-order valence-corrected chi connectivity index (χ0v) is 10.3. The summed E-state index contributed by atoms with van der Waals surface area (Å²) in [5, 5.41) is 3.03. The number of nitrogens with one attached hydrogen (secondary N) is 1. The van der Waals surface area contributed by atoms with E-state index in [4.69, 9.17) is 9.47 Å². The van der Waals surface area contributed by atoms with Crippen molar-refractivity contribution in [1.82, 2.24) is 5.32 Å². The number of hydrogen-bond donors (Lipinski definition) is 1. The maximum atomic E-state index is 12.1. The number of hydrogen-bond acceptors (Lipinski definition) is 4. The lowest BCUT2D eigenvalue weighted by Crippen LogP contribution is -2.36. The Balaban J connectivity index is 1.87. The Bertz CT molecular complexity index is 475. The van der Waals surface area contributed by atoms with Gasteiger partial charge in [0.05, 0.1) is 6.04 Å². The molecule has 5 heteroatoms. The van der Waals surface area contributed by atoms with E-state index in [1.807, 2.05) is 25.2 Å². The molecule has 1 amide bonds. The molecule has 0 saturated carbocycles. The standard InChI is InChI=1S/C13H16N2O3/c1-14-10-4-5-15(13(10)16)9-2-3-11-12(8-9)18-7-6-17-11/h2-3,8,10,14H,4-7H2,1H3. The maximum Gasteiger partial charge on any atom is 0.244 e. The molecule has 2 aliphatic rings. The summed E-state index contributed by atoms with van der Waals surface area (Å²) in [4.78, 5) is 13.9. The quantitative estimate of drug-likeness (QED) is 0.840. The molecule has 3 rings (SSSR count). The summed E-state index contributed by atoms with van der Waals surface area (Å²) in [6.07, 6.45) is 0.837. The lowest BCUT2D eigenvalue weighted by Gasteiger charge is -2.22. The van der Waals surface area contributed by atoms with Gasteiger partial charge in [-0.2, -0.15) is 0 Å². The molecule has 1 saturated heterocycles. The number of amides is 1. The SMILES string of the molecule is CNC1CCN(c2ccc3c(c2)OCCO3)C1=O. The van der Waals surface area contributed by atoms with Gasteiger partial charge >= 0.3 is 0 Å². The van der Waals surface area contributed by atoms with Gasteiger partial charge in [-0.15, -0.1) is 0 Å². The molecule has 1 N–H and O–H groups in total. The van der Waals surface area contributed by atoms with Crippen molar-refractivity contribution in [1.29, 1.82) is 0 Å². The van der Waals surface area contributed by atoms with E-state index < -0.39 is 0 Å². The molecule has 5 nitrogen and oxygen atoms in total. The van der Waals surface area contributed by atoms with Gasteiger partial charge in [0.25, 0.3) is 0 Å². The number of likely N-dealkylation sites (N-methyl/N-ethyl adjacent to an activating group) is 1. The number of ether oxygens (including phenoxy) is 2. The van der Waals surface area contributed by atoms with E-state index in [9.17, 15) is 4.79 Å². The van der Waals surface area contributed by atoms with Crippen molar-refractivity contribution in [3.05, 3.63) is 18.2 Å². The van der Waals surface area contributed by atoms with Crippen LogP contribution >= 0.6 is 0 Å². The highest BCUT2D eigenvalue weighted by Gasteiger charge is 2.31. The van der Waals surface area contributed by atoms with E-state index in [0.29, 0.717) is 13.2 Å². The number of anilines is 1. The highest BCUT2D eigenvalue weighted by molar-refractivity contribution is 5.99. The lowest BCUT2D eigenvalue weighted by molar-refractivity contribution is -0.118. The molecule has 18 heavy (non-hydrogen) atoms. The van der Waals surface area contributed by atoms with Crippen LogP contribution in [0, 0.1) is 0 Å². The van der Waals surface area contributed by atoms with Gasteiger partial charge in [0.1, 0.15) is 13.2 Å². The van der Waals surface area contributed by atoms with Crippen molar-refractivity contribution in [3.8, 4) is 11.5 Å². The molecule has 1 unspecified atom stereocenters. The molecular weight excluding hydrogens is 232 g/mol. The summed E-state index contributed by atoms with van der Waals surface area (Å²) < 4.78 is 11.0. The second kappa shape index (κ2) is 4.49. The van der Waals surface area contributed by atoms with Crippen LogP contribution in [0.4, 0.5) is 5.69 Å². The molecular formula is C13H16N2O3. The van der Waals surface area contributed by atoms with Crippen LogP contribution in [0.1, 0.15) is 6.42 Å². The van der Waals surface area contributed by atoms with E-state index in [2.05, 4.69) is 5.32 Å². The Morgan fingerprint density at radius 3 is 2.78 bits per heavy atom. The first-order chi connectivity index (χ1) is 8.79. The molecule has 0 aliphatic carbocycles. The molecule has 1 atom stereocenters. The topological polar surface area (TPSA) is 50.8 Å². The Kier molecular flexibility index (Phi) is 2.83. The van der Waals surface area contributed by atoms with Gasteiger partial charge in [0, 0.05) is 18.3 Å². The number of nitrogens with zero attached hydrogens (tertiary/aromatic N) is 1. The Morgan fingerprint density at radius 1 is 1.28 bits per heavy atom. The van der Waals surface area contributed by atoms with E-state index >= 15 is 0 Å². The van der Waals surface area contributed by atoms with Crippen LogP contribution < -0.4 is 19.7 Å². The minimum Gasteiger partial charge on any atom is -0.486 e. The first-order valence-corrected chi connectivity index (χ1v) is 6.18. The molecule has 0 spiro atoms. The van der Waals surface area contributed by atoms with E-state index in [0.717, 1.165) is 30.2 Å². The predicted octanol–water partition coefficient (Wildman–Crippen LogP) is 0.782. The van der Waals surface area contributed by atoms with Crippen LogP contribution in [0.5, 0.6) is 11.5 Å². The zero-order valence-electron chi connectivity index (χ0n) is 10.3. The van der Waals surface area contributed by atoms with Gasteiger partial charge in [-0.3, -0.25) is 4.79 Å². The smallest absolute Gasteiger partial charge is 0.244 e. The molecule has 0 aromatic heterocycles. The van der Waals surface area contributed by atoms with Gasteiger partial charge in [-0.1, -0.05) is 0 Å². The van der Waals surface area contributed by atoms with Crippen molar-refractivity contribution in [3.63, 3.8) is 0 Å². The van der Waals surface area contributed by atoms with Crippen molar-refractivity contribution < 1.29 is 14.3 Å². The zero-order chi connectivity index (χ0) is 12.5. The summed E-state index contributed by atoms with van der Waals surface area (Å²) in [5.74, 6) is 1.59. The minimum atomic E-state index is -0.0711. The van der Waals surface area contributed by atoms with Crippen LogP contribution in [0.15, 0.2) is 18.2 Å². The minimum absolute atomic E-state index is 0.0711. The van der Waals surface area contributed by atoms with Crippen LogP contribution in [0.25, 0.3) is 0 Å². The highest BCUT2D eigenvalue weighted by atomic mass is 16.6. The number of fused-ring (bicyclic) bond motifs is 1. The molecule has 2 heterocycles. The van der Waals surface area contributed by atoms with Crippen molar-refractivity contribution in [2.75, 3.05) is 31.7 Å². The first-order valence-electron chi connectivity index (χ1n) is 6.18. The van der Waals surface area contributed by atoms with Crippen molar-refractivity contribution in [2.24, 2.45) is 0 Å². The first kappa shape index (κ1) is 11.3. The Labute approximate surface area is 106 Å². The Morgan fingerprint density at radius 2 is 2.06 bits per heavy atom. The number of benzene rings is 1. The lowest BCUT2D eigenvalue weighted by atomic mass is 10.2. The van der Waals surface area contributed by atoms with Gasteiger partial charge in [-0.25, -0.2) is 0 Å². The summed E-state index contributed by atoms with van der Waals surface area (Å²) in [6, 6.07) is 5.58. The van der Waals surface area contributed by atoms with Crippen molar-refractivity contribution >= 4 is 11.6 Å². The van der Waals surface area contributed by atoms with Crippen LogP contribution in [0.3, 0.4) is 0 Å². The number of carbonyl (C=O) groups excluding carboxylic acids is 1. The molecule has 0 bridgehead atoms. The average molecular weight is 248 g/mol. The second-order valence-corrected chi connectivity index (χ2v) is 4.45. The van der Waals surface area contributed by atoms with Gasteiger partial charge in [0.15, 0.2) is 11.5 Å². The van der Waals surface area contributed by atoms with Crippen LogP contribution in [-0.4, -0.2) is 38.8 Å². The second-order valence-electron chi connectivity index (χ2n) is 4.45. The number of rotatable bonds is 2. The van der Waals surface area contributed by atoms with Gasteiger partial charge in [0.2, 0.25) is 5.91 Å². The van der Waals surface area contributed by atoms with E-state index in [1.54, 1.807) is 4.90 Å². The highest BCUT2D eigenvalue weighted by Crippen LogP contribution is 2.35. The summed E-state index contributed by atoms with van der Waals surface area (Å²) >= 11 is 0. The molecule has 96 valence electrons. The molecule has 2 aliphatic heterocycles. The fourth-order valence-corrected chi connectivity index (χ4v) is 2.40. The molecule has 1 fully saturated rings. The average Bonchev–Trinajstić information content (AvgIpc) is 2.79. The van der Waals surface area contributed by atoms with Crippen LogP contribution in [0.2, 0.25) is 0 Å². The third kappa shape index (κ3) is 1.80. The predicted molar refractivity (Wildman–Crippen MR) is 67.2 cm³/mol. The van der Waals surface area contributed by atoms with Crippen molar-refractivity contribution in [2.45, 2.75) is 12.5 Å². The Hall–Kier alpha value is -1.75. The van der Waals surface area contributed by atoms with Gasteiger partial charge in [-0.05, 0) is 25.6 Å². The fourth-order valence-electron chi connectivity index (χ4n) is 2.40. The van der Waals surface area contributed by atoms with E-state index in [1.165, 1.54) is 0 Å². The fraction of sp³-hybridized carbons (Fsp3) is 0.462. The number of carbonyl (C=O) groups is 1. The normalized spacial score (nSPS) is 22.4. The molecule has 1 aromatic rings. The maximum absolute atomic E-state index is 12.1. The summed E-state index contributed by atoms with van der Waals surface area (Å²) in [6.45, 7) is 1.88. The summed E-state index contributed by atoms with van der Waals surface area (Å²) in [7, 11) is 1.82. The van der Waals surface area contributed by atoms with E-state index in [-0.39, 0.29) is 11.9 Å². The van der Waals surface area contributed by atoms with Gasteiger partial charge < -0.3 is 19.7 Å². The van der Waals surface area contributed by atoms with Crippen LogP contribution in [-0.2, 0) is 4.79 Å².